The Labute approximate surface area is 128 Å². The molecule has 1 aliphatic heterocycles. The highest BCUT2D eigenvalue weighted by Gasteiger charge is 2.25. The van der Waals surface area contributed by atoms with Gasteiger partial charge in [-0.3, -0.25) is 0 Å². The summed E-state index contributed by atoms with van der Waals surface area (Å²) in [7, 11) is 3.34. The zero-order chi connectivity index (χ0) is 15.2. The highest BCUT2D eigenvalue weighted by atomic mass is 16.5. The van der Waals surface area contributed by atoms with Gasteiger partial charge in [-0.1, -0.05) is 19.8 Å². The lowest BCUT2D eigenvalue weighted by atomic mass is 9.90. The van der Waals surface area contributed by atoms with Crippen molar-refractivity contribution in [2.45, 2.75) is 38.6 Å². The molecule has 0 spiro atoms. The number of nitrogens with two attached hydrogens (primary N) is 1. The Morgan fingerprint density at radius 2 is 1.95 bits per heavy atom. The second-order valence-corrected chi connectivity index (χ2v) is 5.95. The topological polar surface area (TPSA) is 47.7 Å². The van der Waals surface area contributed by atoms with Gasteiger partial charge in [0.05, 0.1) is 14.2 Å². The number of rotatable bonds is 6. The van der Waals surface area contributed by atoms with Crippen molar-refractivity contribution < 1.29 is 9.47 Å². The van der Waals surface area contributed by atoms with E-state index in [-0.39, 0.29) is 6.04 Å². The molecule has 4 nitrogen and oxygen atoms in total. The summed E-state index contributed by atoms with van der Waals surface area (Å²) in [6, 6.07) is 6.37. The van der Waals surface area contributed by atoms with E-state index in [4.69, 9.17) is 15.2 Å². The Hall–Kier alpha value is -1.42. The van der Waals surface area contributed by atoms with E-state index in [0.29, 0.717) is 5.92 Å². The Kier molecular flexibility index (Phi) is 5.74. The van der Waals surface area contributed by atoms with Gasteiger partial charge >= 0.3 is 0 Å². The molecule has 0 saturated carbocycles. The first-order chi connectivity index (χ1) is 10.2. The molecule has 118 valence electrons. The minimum atomic E-state index is 0.258. The molecule has 2 atom stereocenters. The lowest BCUT2D eigenvalue weighted by molar-refractivity contribution is 0.346. The van der Waals surface area contributed by atoms with Crippen LogP contribution in [0.15, 0.2) is 18.2 Å². The number of ether oxygens (including phenoxy) is 2. The Balaban J connectivity index is 2.12. The van der Waals surface area contributed by atoms with E-state index in [1.54, 1.807) is 14.2 Å². The van der Waals surface area contributed by atoms with Crippen molar-refractivity contribution in [1.29, 1.82) is 0 Å². The van der Waals surface area contributed by atoms with Crippen molar-refractivity contribution in [1.82, 2.24) is 0 Å². The van der Waals surface area contributed by atoms with Crippen LogP contribution in [0.5, 0.6) is 11.5 Å². The molecule has 1 aliphatic rings. The minimum absolute atomic E-state index is 0.258. The summed E-state index contributed by atoms with van der Waals surface area (Å²) in [6.45, 7) is 4.25. The van der Waals surface area contributed by atoms with E-state index in [0.717, 1.165) is 31.0 Å². The van der Waals surface area contributed by atoms with Gasteiger partial charge in [0.25, 0.3) is 0 Å². The van der Waals surface area contributed by atoms with Crippen LogP contribution in [0.2, 0.25) is 0 Å². The molecule has 1 fully saturated rings. The van der Waals surface area contributed by atoms with Crippen molar-refractivity contribution in [3.05, 3.63) is 18.2 Å². The van der Waals surface area contributed by atoms with Gasteiger partial charge in [-0.2, -0.15) is 0 Å². The molecule has 1 aromatic rings. The maximum atomic E-state index is 6.25. The maximum Gasteiger partial charge on any atom is 0.162 e. The van der Waals surface area contributed by atoms with Gasteiger partial charge in [0.15, 0.2) is 11.5 Å². The first kappa shape index (κ1) is 16.0. The number of hydrogen-bond acceptors (Lipinski definition) is 4. The number of methoxy groups -OCH3 is 2. The van der Waals surface area contributed by atoms with Crippen LogP contribution in [-0.2, 0) is 0 Å². The average molecular weight is 292 g/mol. The second kappa shape index (κ2) is 7.55. The van der Waals surface area contributed by atoms with E-state index in [1.807, 2.05) is 12.1 Å². The Morgan fingerprint density at radius 3 is 2.62 bits per heavy atom. The van der Waals surface area contributed by atoms with Gasteiger partial charge in [0.1, 0.15) is 0 Å². The highest BCUT2D eigenvalue weighted by Crippen LogP contribution is 2.33. The minimum Gasteiger partial charge on any atom is -0.493 e. The summed E-state index contributed by atoms with van der Waals surface area (Å²) in [4.78, 5) is 2.39. The van der Waals surface area contributed by atoms with Gasteiger partial charge in [-0.05, 0) is 30.9 Å². The summed E-state index contributed by atoms with van der Waals surface area (Å²) in [5.41, 5.74) is 7.42. The van der Waals surface area contributed by atoms with Crippen molar-refractivity contribution >= 4 is 5.69 Å². The lowest BCUT2D eigenvalue weighted by Gasteiger charge is -2.38. The normalized spacial score (nSPS) is 22.2. The fourth-order valence-electron chi connectivity index (χ4n) is 3.18. The first-order valence-corrected chi connectivity index (χ1v) is 7.90. The molecule has 1 heterocycles. The van der Waals surface area contributed by atoms with Gasteiger partial charge in [-0.15, -0.1) is 0 Å². The van der Waals surface area contributed by atoms with Gasteiger partial charge in [0, 0.05) is 30.9 Å². The van der Waals surface area contributed by atoms with E-state index in [2.05, 4.69) is 17.9 Å². The molecule has 0 aliphatic carbocycles. The summed E-state index contributed by atoms with van der Waals surface area (Å²) in [5.74, 6) is 2.24. The SMILES string of the molecule is CCCCC1CC(N)CN(c2ccc(OC)c(OC)c2)C1. The fraction of sp³-hybridized carbons (Fsp3) is 0.647. The molecule has 0 bridgehead atoms. The van der Waals surface area contributed by atoms with Crippen molar-refractivity contribution in [2.75, 3.05) is 32.2 Å². The summed E-state index contributed by atoms with van der Waals surface area (Å²) in [5, 5.41) is 0. The average Bonchev–Trinajstić information content (AvgIpc) is 2.51. The number of unbranched alkanes of at least 4 members (excludes halogenated alkanes) is 1. The molecule has 2 N–H and O–H groups in total. The Morgan fingerprint density at radius 1 is 1.19 bits per heavy atom. The molecule has 1 saturated heterocycles. The van der Waals surface area contributed by atoms with E-state index >= 15 is 0 Å². The van der Waals surface area contributed by atoms with Crippen molar-refractivity contribution in [3.63, 3.8) is 0 Å². The molecule has 2 unspecified atom stereocenters. The van der Waals surface area contributed by atoms with Gasteiger partial charge in [-0.25, -0.2) is 0 Å². The van der Waals surface area contributed by atoms with Crippen molar-refractivity contribution in [3.8, 4) is 11.5 Å². The first-order valence-electron chi connectivity index (χ1n) is 7.90. The molecule has 21 heavy (non-hydrogen) atoms. The molecule has 0 aromatic heterocycles. The number of hydrogen-bond donors (Lipinski definition) is 1. The Bertz CT molecular complexity index is 450. The third kappa shape index (κ3) is 4.03. The smallest absolute Gasteiger partial charge is 0.162 e. The largest absolute Gasteiger partial charge is 0.493 e. The van der Waals surface area contributed by atoms with Crippen LogP contribution >= 0.6 is 0 Å². The third-order valence-corrected chi connectivity index (χ3v) is 4.27. The predicted octanol–water partition coefficient (Wildman–Crippen LogP) is 3.05. The molecule has 0 amide bonds. The van der Waals surface area contributed by atoms with Crippen molar-refractivity contribution in [2.24, 2.45) is 11.7 Å². The molecular weight excluding hydrogens is 264 g/mol. The van der Waals surface area contributed by atoms with Crippen LogP contribution in [-0.4, -0.2) is 33.4 Å². The van der Waals surface area contributed by atoms with Crippen LogP contribution < -0.4 is 20.1 Å². The molecule has 2 rings (SSSR count). The fourth-order valence-corrected chi connectivity index (χ4v) is 3.18. The van der Waals surface area contributed by atoms with Gasteiger partial charge < -0.3 is 20.1 Å². The van der Waals surface area contributed by atoms with E-state index in [9.17, 15) is 0 Å². The molecule has 4 heteroatoms. The summed E-state index contributed by atoms with van der Waals surface area (Å²) < 4.78 is 10.7. The second-order valence-electron chi connectivity index (χ2n) is 5.95. The quantitative estimate of drug-likeness (QED) is 0.875. The number of nitrogens with zero attached hydrogens (tertiary/aromatic N) is 1. The van der Waals surface area contributed by atoms with Crippen LogP contribution in [0.25, 0.3) is 0 Å². The summed E-state index contributed by atoms with van der Waals surface area (Å²) >= 11 is 0. The molecule has 0 radical (unpaired) electrons. The lowest BCUT2D eigenvalue weighted by Crippen LogP contribution is -2.47. The predicted molar refractivity (Wildman–Crippen MR) is 87.4 cm³/mol. The molecule has 1 aromatic carbocycles. The number of anilines is 1. The number of piperidine rings is 1. The molecular formula is C17H28N2O2. The highest BCUT2D eigenvalue weighted by molar-refractivity contribution is 5.56. The monoisotopic (exact) mass is 292 g/mol. The summed E-state index contributed by atoms with van der Waals surface area (Å²) in [6.07, 6.45) is 4.96. The standard InChI is InChI=1S/C17H28N2O2/c1-4-5-6-13-9-14(18)12-19(11-13)15-7-8-16(20-2)17(10-15)21-3/h7-8,10,13-14H,4-6,9,11-12,18H2,1-3H3. The van der Waals surface area contributed by atoms with Crippen LogP contribution in [0, 0.1) is 5.92 Å². The van der Waals surface area contributed by atoms with Crippen LogP contribution in [0.1, 0.15) is 32.6 Å². The van der Waals surface area contributed by atoms with Crippen LogP contribution in [0.4, 0.5) is 5.69 Å². The zero-order valence-electron chi connectivity index (χ0n) is 13.5. The van der Waals surface area contributed by atoms with Crippen LogP contribution in [0.3, 0.4) is 0 Å². The maximum absolute atomic E-state index is 6.25. The zero-order valence-corrected chi connectivity index (χ0v) is 13.5. The van der Waals surface area contributed by atoms with E-state index < -0.39 is 0 Å². The third-order valence-electron chi connectivity index (χ3n) is 4.27. The van der Waals surface area contributed by atoms with E-state index in [1.165, 1.54) is 24.9 Å². The van der Waals surface area contributed by atoms with Gasteiger partial charge in [0.2, 0.25) is 0 Å². The number of benzene rings is 1.